The fourth-order valence-corrected chi connectivity index (χ4v) is 2.06. The van der Waals surface area contributed by atoms with E-state index in [9.17, 15) is 9.59 Å². The van der Waals surface area contributed by atoms with Crippen LogP contribution in [0, 0.1) is 0 Å². The number of methoxy groups -OCH3 is 1. The van der Waals surface area contributed by atoms with Crippen molar-refractivity contribution in [1.29, 1.82) is 0 Å². The molecule has 0 aliphatic carbocycles. The van der Waals surface area contributed by atoms with Crippen LogP contribution in [0.5, 0.6) is 5.75 Å². The quantitative estimate of drug-likeness (QED) is 0.832. The Labute approximate surface area is 132 Å². The molecule has 0 aliphatic rings. The second kappa shape index (κ2) is 7.40. The number of amides is 1. The molecule has 122 valence electrons. The summed E-state index contributed by atoms with van der Waals surface area (Å²) in [4.78, 5) is 25.9. The number of ketones is 1. The molecule has 0 spiro atoms. The molecule has 1 atom stereocenters. The van der Waals surface area contributed by atoms with Crippen LogP contribution in [-0.2, 0) is 16.0 Å². The number of benzene rings is 1. The van der Waals surface area contributed by atoms with Crippen molar-refractivity contribution in [3.8, 4) is 5.75 Å². The largest absolute Gasteiger partial charge is 0.497 e. The number of hydrogen-bond acceptors (Lipinski definition) is 4. The molecule has 22 heavy (non-hydrogen) atoms. The van der Waals surface area contributed by atoms with E-state index in [2.05, 4.69) is 5.32 Å². The standard InChI is InChI=1S/C17H26N2O3/c1-12(20)17(2,3)19(5)16(21)15(18-4)11-13-7-9-14(22-6)10-8-13/h7-10,15,18H,11H2,1-6H3. The molecule has 0 aliphatic heterocycles. The number of ether oxygens (including phenoxy) is 1. The first-order chi connectivity index (χ1) is 10.2. The summed E-state index contributed by atoms with van der Waals surface area (Å²) < 4.78 is 5.13. The molecule has 1 amide bonds. The van der Waals surface area contributed by atoms with Crippen molar-refractivity contribution in [2.75, 3.05) is 21.2 Å². The minimum Gasteiger partial charge on any atom is -0.497 e. The second-order valence-electron chi connectivity index (χ2n) is 5.91. The summed E-state index contributed by atoms with van der Waals surface area (Å²) in [5.41, 5.74) is 0.217. The molecule has 1 aromatic carbocycles. The van der Waals surface area contributed by atoms with E-state index in [1.165, 1.54) is 11.8 Å². The average molecular weight is 306 g/mol. The highest BCUT2D eigenvalue weighted by molar-refractivity contribution is 5.92. The van der Waals surface area contributed by atoms with Crippen LogP contribution in [0.2, 0.25) is 0 Å². The van der Waals surface area contributed by atoms with Crippen LogP contribution in [-0.4, -0.2) is 49.4 Å². The van der Waals surface area contributed by atoms with E-state index in [1.807, 2.05) is 24.3 Å². The number of Topliss-reactive ketones (excluding diaryl/α,β-unsaturated/α-hetero) is 1. The van der Waals surface area contributed by atoms with Gasteiger partial charge in [-0.25, -0.2) is 0 Å². The first kappa shape index (κ1) is 18.2. The fourth-order valence-electron chi connectivity index (χ4n) is 2.06. The topological polar surface area (TPSA) is 58.6 Å². The van der Waals surface area contributed by atoms with Gasteiger partial charge in [0, 0.05) is 7.05 Å². The maximum absolute atomic E-state index is 12.6. The number of carbonyl (C=O) groups excluding carboxylic acids is 2. The first-order valence-corrected chi connectivity index (χ1v) is 7.33. The van der Waals surface area contributed by atoms with E-state index in [1.54, 1.807) is 35.1 Å². The minimum absolute atomic E-state index is 0.0392. The lowest BCUT2D eigenvalue weighted by molar-refractivity contribution is -0.143. The maximum atomic E-state index is 12.6. The van der Waals surface area contributed by atoms with Gasteiger partial charge in [0.05, 0.1) is 18.7 Å². The molecule has 1 unspecified atom stereocenters. The Kier molecular flexibility index (Phi) is 6.11. The lowest BCUT2D eigenvalue weighted by Gasteiger charge is -2.35. The molecule has 1 N–H and O–H groups in total. The summed E-state index contributed by atoms with van der Waals surface area (Å²) in [5.74, 6) is 0.645. The minimum atomic E-state index is -0.813. The second-order valence-corrected chi connectivity index (χ2v) is 5.91. The Morgan fingerprint density at radius 2 is 1.82 bits per heavy atom. The summed E-state index contributed by atoms with van der Waals surface area (Å²) >= 11 is 0. The van der Waals surface area contributed by atoms with Crippen molar-refractivity contribution in [2.24, 2.45) is 0 Å². The molecule has 0 fully saturated rings. The lowest BCUT2D eigenvalue weighted by atomic mass is 9.96. The summed E-state index contributed by atoms with van der Waals surface area (Å²) in [7, 11) is 5.04. The molecular weight excluding hydrogens is 280 g/mol. The Balaban J connectivity index is 2.86. The molecule has 0 aromatic heterocycles. The molecular formula is C17H26N2O3. The monoisotopic (exact) mass is 306 g/mol. The fraction of sp³-hybridized carbons (Fsp3) is 0.529. The SMILES string of the molecule is CNC(Cc1ccc(OC)cc1)C(=O)N(C)C(C)(C)C(C)=O. The van der Waals surface area contributed by atoms with Gasteiger partial charge in [-0.3, -0.25) is 9.59 Å². The van der Waals surface area contributed by atoms with E-state index < -0.39 is 5.54 Å². The van der Waals surface area contributed by atoms with Crippen LogP contribution < -0.4 is 10.1 Å². The van der Waals surface area contributed by atoms with Gasteiger partial charge in [-0.2, -0.15) is 0 Å². The van der Waals surface area contributed by atoms with Gasteiger partial charge in [0.15, 0.2) is 5.78 Å². The Hall–Kier alpha value is -1.88. The molecule has 1 aromatic rings. The smallest absolute Gasteiger partial charge is 0.240 e. The molecule has 0 bridgehead atoms. The number of carbonyl (C=O) groups is 2. The van der Waals surface area contributed by atoms with Gasteiger partial charge in [0.2, 0.25) is 5.91 Å². The molecule has 0 saturated heterocycles. The molecule has 0 heterocycles. The predicted octanol–water partition coefficient (Wildman–Crippen LogP) is 1.65. The van der Waals surface area contributed by atoms with Crippen molar-refractivity contribution >= 4 is 11.7 Å². The number of likely N-dealkylation sites (N-methyl/N-ethyl adjacent to an activating group) is 2. The zero-order chi connectivity index (χ0) is 16.9. The third-order valence-electron chi connectivity index (χ3n) is 4.28. The van der Waals surface area contributed by atoms with Gasteiger partial charge in [-0.15, -0.1) is 0 Å². The van der Waals surface area contributed by atoms with Gasteiger partial charge >= 0.3 is 0 Å². The van der Waals surface area contributed by atoms with Crippen molar-refractivity contribution < 1.29 is 14.3 Å². The third-order valence-corrected chi connectivity index (χ3v) is 4.28. The summed E-state index contributed by atoms with van der Waals surface area (Å²) in [6.07, 6.45) is 0.553. The number of rotatable bonds is 7. The Morgan fingerprint density at radius 1 is 1.27 bits per heavy atom. The van der Waals surface area contributed by atoms with Crippen LogP contribution >= 0.6 is 0 Å². The number of nitrogens with zero attached hydrogens (tertiary/aromatic N) is 1. The lowest BCUT2D eigenvalue weighted by Crippen LogP contribution is -2.55. The highest BCUT2D eigenvalue weighted by atomic mass is 16.5. The normalized spacial score (nSPS) is 12.6. The van der Waals surface area contributed by atoms with Crippen LogP contribution in [0.3, 0.4) is 0 Å². The molecule has 0 saturated carbocycles. The number of hydrogen-bond donors (Lipinski definition) is 1. The van der Waals surface area contributed by atoms with Crippen molar-refractivity contribution in [2.45, 2.75) is 38.8 Å². The summed E-state index contributed by atoms with van der Waals surface area (Å²) in [6.45, 7) is 5.02. The number of nitrogens with one attached hydrogen (secondary N) is 1. The van der Waals surface area contributed by atoms with Gasteiger partial charge in [0.1, 0.15) is 5.75 Å². The zero-order valence-electron chi connectivity index (χ0n) is 14.3. The highest BCUT2D eigenvalue weighted by Gasteiger charge is 2.35. The van der Waals surface area contributed by atoms with Gasteiger partial charge < -0.3 is 15.0 Å². The maximum Gasteiger partial charge on any atom is 0.240 e. The van der Waals surface area contributed by atoms with Crippen molar-refractivity contribution in [3.63, 3.8) is 0 Å². The highest BCUT2D eigenvalue weighted by Crippen LogP contribution is 2.17. The Bertz CT molecular complexity index is 523. The first-order valence-electron chi connectivity index (χ1n) is 7.33. The predicted molar refractivity (Wildman–Crippen MR) is 87.1 cm³/mol. The molecule has 1 rings (SSSR count). The van der Waals surface area contributed by atoms with E-state index >= 15 is 0 Å². The van der Waals surface area contributed by atoms with E-state index in [-0.39, 0.29) is 17.7 Å². The van der Waals surface area contributed by atoms with E-state index in [0.29, 0.717) is 6.42 Å². The van der Waals surface area contributed by atoms with Gasteiger partial charge in [-0.1, -0.05) is 12.1 Å². The van der Waals surface area contributed by atoms with Crippen molar-refractivity contribution in [1.82, 2.24) is 10.2 Å². The molecule has 0 radical (unpaired) electrons. The van der Waals surface area contributed by atoms with E-state index in [4.69, 9.17) is 4.74 Å². The van der Waals surface area contributed by atoms with Crippen LogP contribution in [0.1, 0.15) is 26.3 Å². The zero-order valence-corrected chi connectivity index (χ0v) is 14.3. The Morgan fingerprint density at radius 3 is 2.23 bits per heavy atom. The average Bonchev–Trinajstić information content (AvgIpc) is 2.51. The van der Waals surface area contributed by atoms with E-state index in [0.717, 1.165) is 11.3 Å². The van der Waals surface area contributed by atoms with Crippen LogP contribution in [0.25, 0.3) is 0 Å². The van der Waals surface area contributed by atoms with Crippen molar-refractivity contribution in [3.05, 3.63) is 29.8 Å². The summed E-state index contributed by atoms with van der Waals surface area (Å²) in [5, 5.41) is 3.04. The molecule has 5 heteroatoms. The third kappa shape index (κ3) is 4.07. The van der Waals surface area contributed by atoms with Gasteiger partial charge in [0.25, 0.3) is 0 Å². The summed E-state index contributed by atoms with van der Waals surface area (Å²) in [6, 6.07) is 7.24. The van der Waals surface area contributed by atoms with Crippen LogP contribution in [0.15, 0.2) is 24.3 Å². The molecule has 5 nitrogen and oxygen atoms in total. The van der Waals surface area contributed by atoms with Crippen LogP contribution in [0.4, 0.5) is 0 Å². The van der Waals surface area contributed by atoms with Gasteiger partial charge in [-0.05, 0) is 51.9 Å².